The lowest BCUT2D eigenvalue weighted by Gasteiger charge is -1.85. The summed E-state index contributed by atoms with van der Waals surface area (Å²) in [4.78, 5) is 4.17. The van der Waals surface area contributed by atoms with Crippen molar-refractivity contribution in [3.05, 3.63) is 27.7 Å². The van der Waals surface area contributed by atoms with E-state index < -0.39 is 0 Å². The monoisotopic (exact) mass is 214 g/mol. The molecule has 0 spiro atoms. The molecule has 0 saturated heterocycles. The van der Waals surface area contributed by atoms with Crippen LogP contribution in [0.25, 0.3) is 11.5 Å². The molecular weight excluding hydrogens is 208 g/mol. The van der Waals surface area contributed by atoms with E-state index in [0.717, 1.165) is 15.6 Å². The second-order valence-corrected chi connectivity index (χ2v) is 4.03. The summed E-state index contributed by atoms with van der Waals surface area (Å²) in [6.07, 6.45) is 1.56. The minimum Gasteiger partial charge on any atom is -0.444 e. The average molecular weight is 215 g/mol. The lowest BCUT2D eigenvalue weighted by molar-refractivity contribution is 0.573. The molecule has 3 nitrogen and oxygen atoms in total. The van der Waals surface area contributed by atoms with Gasteiger partial charge in [0.05, 0.1) is 10.0 Å². The summed E-state index contributed by atoms with van der Waals surface area (Å²) in [5, 5.41) is 1.90. The highest BCUT2D eigenvalue weighted by Crippen LogP contribution is 2.27. The predicted octanol–water partition coefficient (Wildman–Crippen LogP) is 2.52. The highest BCUT2D eigenvalue weighted by atomic mass is 35.5. The molecule has 5 heteroatoms. The van der Waals surface area contributed by atoms with Crippen molar-refractivity contribution in [2.75, 3.05) is 0 Å². The fourth-order valence-corrected chi connectivity index (χ4v) is 1.81. The fraction of sp³-hybridized carbons (Fsp3) is 0.125. The minimum absolute atomic E-state index is 0.390. The zero-order valence-corrected chi connectivity index (χ0v) is 8.23. The van der Waals surface area contributed by atoms with Gasteiger partial charge >= 0.3 is 0 Å². The van der Waals surface area contributed by atoms with Crippen LogP contribution in [-0.4, -0.2) is 4.98 Å². The number of hydrogen-bond donors (Lipinski definition) is 1. The quantitative estimate of drug-likeness (QED) is 0.836. The van der Waals surface area contributed by atoms with Gasteiger partial charge in [-0.15, -0.1) is 11.3 Å². The topological polar surface area (TPSA) is 52.0 Å². The Kier molecular flexibility index (Phi) is 2.35. The molecule has 0 saturated carbocycles. The summed E-state index contributed by atoms with van der Waals surface area (Å²) in [5.41, 5.74) is 7.05. The molecule has 2 heterocycles. The predicted molar refractivity (Wildman–Crippen MR) is 52.7 cm³/mol. The number of hydrogen-bond acceptors (Lipinski definition) is 4. The Morgan fingerprint density at radius 1 is 1.62 bits per heavy atom. The SMILES string of the molecule is NCc1coc(-c2csc(Cl)c2)n1. The van der Waals surface area contributed by atoms with E-state index in [0.29, 0.717) is 12.4 Å². The lowest BCUT2D eigenvalue weighted by atomic mass is 10.3. The molecule has 0 atom stereocenters. The van der Waals surface area contributed by atoms with Gasteiger partial charge in [0.15, 0.2) is 0 Å². The fourth-order valence-electron chi connectivity index (χ4n) is 0.956. The van der Waals surface area contributed by atoms with Crippen LogP contribution >= 0.6 is 22.9 Å². The molecule has 2 aromatic rings. The molecule has 0 bridgehead atoms. The van der Waals surface area contributed by atoms with E-state index in [2.05, 4.69) is 4.98 Å². The van der Waals surface area contributed by atoms with Crippen LogP contribution in [0.2, 0.25) is 4.34 Å². The van der Waals surface area contributed by atoms with Gasteiger partial charge in [-0.3, -0.25) is 0 Å². The van der Waals surface area contributed by atoms with Crippen LogP contribution in [0.4, 0.5) is 0 Å². The molecule has 68 valence electrons. The number of oxazole rings is 1. The zero-order chi connectivity index (χ0) is 9.26. The summed E-state index contributed by atoms with van der Waals surface area (Å²) in [7, 11) is 0. The van der Waals surface area contributed by atoms with E-state index in [1.165, 1.54) is 11.3 Å². The normalized spacial score (nSPS) is 10.6. The number of nitrogens with two attached hydrogens (primary N) is 1. The summed E-state index contributed by atoms with van der Waals surface area (Å²) in [5.74, 6) is 0.573. The van der Waals surface area contributed by atoms with Crippen molar-refractivity contribution in [1.29, 1.82) is 0 Å². The van der Waals surface area contributed by atoms with Crippen molar-refractivity contribution in [2.45, 2.75) is 6.54 Å². The number of thiophene rings is 1. The Hall–Kier alpha value is -0.840. The molecule has 0 amide bonds. The first kappa shape index (κ1) is 8.74. The molecule has 2 N–H and O–H groups in total. The molecule has 0 aliphatic heterocycles. The van der Waals surface area contributed by atoms with Gasteiger partial charge in [0, 0.05) is 17.5 Å². The van der Waals surface area contributed by atoms with Crippen LogP contribution in [0.3, 0.4) is 0 Å². The number of halogens is 1. The van der Waals surface area contributed by atoms with Gasteiger partial charge in [0.1, 0.15) is 6.26 Å². The molecule has 0 unspecified atom stereocenters. The maximum absolute atomic E-state index is 5.78. The minimum atomic E-state index is 0.390. The van der Waals surface area contributed by atoms with Crippen molar-refractivity contribution >= 4 is 22.9 Å². The van der Waals surface area contributed by atoms with Gasteiger partial charge in [-0.1, -0.05) is 11.6 Å². The Morgan fingerprint density at radius 2 is 2.46 bits per heavy atom. The van der Waals surface area contributed by atoms with Crippen LogP contribution in [-0.2, 0) is 6.54 Å². The van der Waals surface area contributed by atoms with Gasteiger partial charge in [-0.2, -0.15) is 0 Å². The van der Waals surface area contributed by atoms with E-state index in [-0.39, 0.29) is 0 Å². The summed E-state index contributed by atoms with van der Waals surface area (Å²) < 4.78 is 5.94. The van der Waals surface area contributed by atoms with Crippen LogP contribution < -0.4 is 5.73 Å². The molecule has 2 rings (SSSR count). The van der Waals surface area contributed by atoms with Crippen molar-refractivity contribution in [3.63, 3.8) is 0 Å². The molecule has 0 radical (unpaired) electrons. The van der Waals surface area contributed by atoms with Crippen molar-refractivity contribution in [1.82, 2.24) is 4.98 Å². The standard InChI is InChI=1S/C8H7ClN2OS/c9-7-1-5(4-13-7)8-11-6(2-10)3-12-8/h1,3-4H,2,10H2. The Balaban J connectivity index is 2.35. The van der Waals surface area contributed by atoms with Gasteiger partial charge < -0.3 is 10.2 Å². The second-order valence-electron chi connectivity index (χ2n) is 2.49. The molecule has 2 aromatic heterocycles. The lowest BCUT2D eigenvalue weighted by Crippen LogP contribution is -1.95. The van der Waals surface area contributed by atoms with Crippen LogP contribution in [0, 0.1) is 0 Å². The average Bonchev–Trinajstić information content (AvgIpc) is 2.71. The van der Waals surface area contributed by atoms with Gasteiger partial charge in [0.2, 0.25) is 5.89 Å². The Morgan fingerprint density at radius 3 is 3.00 bits per heavy atom. The number of aromatic nitrogens is 1. The van der Waals surface area contributed by atoms with Crippen LogP contribution in [0.1, 0.15) is 5.69 Å². The molecule has 13 heavy (non-hydrogen) atoms. The van der Waals surface area contributed by atoms with Gasteiger partial charge in [0.25, 0.3) is 0 Å². The molecule has 0 aromatic carbocycles. The number of nitrogens with zero attached hydrogens (tertiary/aromatic N) is 1. The smallest absolute Gasteiger partial charge is 0.227 e. The molecular formula is C8H7ClN2OS. The van der Waals surface area contributed by atoms with E-state index in [4.69, 9.17) is 21.8 Å². The van der Waals surface area contributed by atoms with Crippen LogP contribution in [0.15, 0.2) is 22.1 Å². The third kappa shape index (κ3) is 1.75. The van der Waals surface area contributed by atoms with Crippen LogP contribution in [0.5, 0.6) is 0 Å². The first-order chi connectivity index (χ1) is 6.29. The molecule has 0 aliphatic rings. The first-order valence-electron chi connectivity index (χ1n) is 3.68. The summed E-state index contributed by atoms with van der Waals surface area (Å²) in [6, 6.07) is 1.82. The number of rotatable bonds is 2. The van der Waals surface area contributed by atoms with Crippen molar-refractivity contribution in [3.8, 4) is 11.5 Å². The van der Waals surface area contributed by atoms with Crippen molar-refractivity contribution < 1.29 is 4.42 Å². The zero-order valence-electron chi connectivity index (χ0n) is 6.66. The van der Waals surface area contributed by atoms with E-state index >= 15 is 0 Å². The third-order valence-electron chi connectivity index (χ3n) is 1.58. The summed E-state index contributed by atoms with van der Waals surface area (Å²) in [6.45, 7) is 0.390. The van der Waals surface area contributed by atoms with E-state index in [1.807, 2.05) is 11.4 Å². The maximum Gasteiger partial charge on any atom is 0.227 e. The summed E-state index contributed by atoms with van der Waals surface area (Å²) >= 11 is 7.23. The largest absolute Gasteiger partial charge is 0.444 e. The highest BCUT2D eigenvalue weighted by molar-refractivity contribution is 7.14. The maximum atomic E-state index is 5.78. The van der Waals surface area contributed by atoms with E-state index in [9.17, 15) is 0 Å². The highest BCUT2D eigenvalue weighted by Gasteiger charge is 2.07. The first-order valence-corrected chi connectivity index (χ1v) is 4.94. The van der Waals surface area contributed by atoms with Crippen molar-refractivity contribution in [2.24, 2.45) is 5.73 Å². The third-order valence-corrected chi connectivity index (χ3v) is 2.67. The van der Waals surface area contributed by atoms with Gasteiger partial charge in [-0.05, 0) is 6.07 Å². The Labute approximate surface area is 84.2 Å². The molecule has 0 fully saturated rings. The van der Waals surface area contributed by atoms with E-state index in [1.54, 1.807) is 6.26 Å². The molecule has 0 aliphatic carbocycles. The van der Waals surface area contributed by atoms with Gasteiger partial charge in [-0.25, -0.2) is 4.98 Å². The second kappa shape index (κ2) is 3.49. The Bertz CT molecular complexity index is 410.